The van der Waals surface area contributed by atoms with Crippen molar-refractivity contribution in [1.29, 1.82) is 0 Å². The van der Waals surface area contributed by atoms with E-state index >= 15 is 0 Å². The Balaban J connectivity index is 2.33. The first-order valence-electron chi connectivity index (χ1n) is 14.2. The lowest BCUT2D eigenvalue weighted by molar-refractivity contribution is -0.143. The average molecular weight is 582 g/mol. The number of hydrogen-bond donors (Lipinski definition) is 3. The van der Waals surface area contributed by atoms with Gasteiger partial charge in [-0.15, -0.1) is 11.3 Å². The molecule has 0 unspecified atom stereocenters. The normalized spacial score (nSPS) is 20.7. The molecule has 0 radical (unpaired) electrons. The molecule has 0 aromatic carbocycles. The molecular formula is C28H47N5O6S. The van der Waals surface area contributed by atoms with Gasteiger partial charge < -0.3 is 25.4 Å². The minimum Gasteiger partial charge on any atom is -0.476 e. The van der Waals surface area contributed by atoms with E-state index in [1.54, 1.807) is 18.9 Å². The molecule has 2 rings (SSSR count). The first kappa shape index (κ1) is 33.5. The summed E-state index contributed by atoms with van der Waals surface area (Å²) in [4.78, 5) is 59.3. The van der Waals surface area contributed by atoms with Gasteiger partial charge in [-0.25, -0.2) is 14.6 Å². The largest absolute Gasteiger partial charge is 0.476 e. The molecule has 11 nitrogen and oxygen atoms in total. The minimum atomic E-state index is -1.17. The molecule has 0 saturated carbocycles. The van der Waals surface area contributed by atoms with E-state index in [2.05, 4.69) is 20.5 Å². The third-order valence-electron chi connectivity index (χ3n) is 8.16. The summed E-state index contributed by atoms with van der Waals surface area (Å²) >= 11 is 1.10. The fraction of sp³-hybridized carbons (Fsp3) is 0.750. The number of thiazole rings is 1. The van der Waals surface area contributed by atoms with Crippen molar-refractivity contribution in [3.8, 4) is 0 Å². The maximum absolute atomic E-state index is 14.0. The standard InChI is InChI=1S/C28H47N5O6S/c1-9-18(5)22(31-26(37)28(6)13-11-12-14-32(28)7)24(34)33(8)20(17(3)4)15-21(39-27(38)29-10-2)23-30-19(16-40-23)25(35)36/h16-18,20-22H,9-15H2,1-8H3,(H,29,38)(H,31,37)(H,35,36)/t18-,20+,21+,22-,28-/m0/s1. The SMILES string of the molecule is CCNC(=O)O[C@H](C[C@H](C(C)C)N(C)C(=O)[C@@H](NC(=O)[C@]1(C)CCCCN1C)[C@@H](C)CC)c1nc(C(=O)O)cs1. The number of carboxylic acid groups (broad SMARTS) is 1. The van der Waals surface area contributed by atoms with Crippen LogP contribution >= 0.6 is 11.3 Å². The highest BCUT2D eigenvalue weighted by Crippen LogP contribution is 2.31. The molecule has 40 heavy (non-hydrogen) atoms. The van der Waals surface area contributed by atoms with Gasteiger partial charge in [-0.05, 0) is 58.5 Å². The van der Waals surface area contributed by atoms with Crippen molar-refractivity contribution in [2.24, 2.45) is 11.8 Å². The van der Waals surface area contributed by atoms with Crippen LogP contribution in [0.2, 0.25) is 0 Å². The third kappa shape index (κ3) is 8.15. The topological polar surface area (TPSA) is 141 Å². The summed E-state index contributed by atoms with van der Waals surface area (Å²) in [6.07, 6.45) is 2.13. The van der Waals surface area contributed by atoms with Crippen LogP contribution in [0.4, 0.5) is 4.79 Å². The Morgan fingerprint density at radius 2 is 1.90 bits per heavy atom. The van der Waals surface area contributed by atoms with E-state index in [0.717, 1.165) is 37.1 Å². The zero-order valence-electron chi connectivity index (χ0n) is 25.2. The number of carbonyl (C=O) groups excluding carboxylic acids is 3. The maximum Gasteiger partial charge on any atom is 0.407 e. The first-order chi connectivity index (χ1) is 18.8. The smallest absolute Gasteiger partial charge is 0.407 e. The number of nitrogens with zero attached hydrogens (tertiary/aromatic N) is 3. The van der Waals surface area contributed by atoms with E-state index in [1.807, 2.05) is 41.7 Å². The zero-order valence-corrected chi connectivity index (χ0v) is 26.0. The van der Waals surface area contributed by atoms with Crippen LogP contribution < -0.4 is 10.6 Å². The van der Waals surface area contributed by atoms with Crippen molar-refractivity contribution in [3.63, 3.8) is 0 Å². The number of carboxylic acids is 1. The Hall–Kier alpha value is -2.73. The van der Waals surface area contributed by atoms with Crippen molar-refractivity contribution in [3.05, 3.63) is 16.1 Å². The van der Waals surface area contributed by atoms with E-state index in [0.29, 0.717) is 18.0 Å². The predicted molar refractivity (Wildman–Crippen MR) is 154 cm³/mol. The molecule has 1 saturated heterocycles. The summed E-state index contributed by atoms with van der Waals surface area (Å²) in [6, 6.07) is -1.11. The van der Waals surface area contributed by atoms with Gasteiger partial charge in [-0.2, -0.15) is 0 Å². The van der Waals surface area contributed by atoms with Gasteiger partial charge in [0, 0.05) is 31.4 Å². The highest BCUT2D eigenvalue weighted by atomic mass is 32.1. The zero-order chi connectivity index (χ0) is 30.2. The molecule has 1 fully saturated rings. The lowest BCUT2D eigenvalue weighted by atomic mass is 9.86. The quantitative estimate of drug-likeness (QED) is 0.318. The van der Waals surface area contributed by atoms with Gasteiger partial charge in [0.05, 0.1) is 5.54 Å². The minimum absolute atomic E-state index is 0.0385. The van der Waals surface area contributed by atoms with Gasteiger partial charge in [0.1, 0.15) is 11.0 Å². The molecule has 1 aromatic rings. The summed E-state index contributed by atoms with van der Waals surface area (Å²) < 4.78 is 5.67. The van der Waals surface area contributed by atoms with Crippen LogP contribution in [-0.2, 0) is 14.3 Å². The summed E-state index contributed by atoms with van der Waals surface area (Å²) in [7, 11) is 3.65. The van der Waals surface area contributed by atoms with E-state index in [9.17, 15) is 24.3 Å². The van der Waals surface area contributed by atoms with Crippen LogP contribution in [0.25, 0.3) is 0 Å². The number of likely N-dealkylation sites (N-methyl/N-ethyl adjacent to an activating group) is 2. The lowest BCUT2D eigenvalue weighted by Crippen LogP contribution is -2.62. The summed E-state index contributed by atoms with van der Waals surface area (Å²) in [6.45, 7) is 12.8. The van der Waals surface area contributed by atoms with Gasteiger partial charge in [0.15, 0.2) is 11.8 Å². The summed E-state index contributed by atoms with van der Waals surface area (Å²) in [5.41, 5.74) is -0.811. The second kappa shape index (κ2) is 14.8. The Morgan fingerprint density at radius 1 is 1.23 bits per heavy atom. The number of piperidine rings is 1. The molecule has 5 atom stereocenters. The third-order valence-corrected chi connectivity index (χ3v) is 9.10. The molecule has 3 N–H and O–H groups in total. The van der Waals surface area contributed by atoms with E-state index < -0.39 is 29.7 Å². The van der Waals surface area contributed by atoms with Gasteiger partial charge in [-0.1, -0.05) is 34.1 Å². The van der Waals surface area contributed by atoms with Gasteiger partial charge in [0.2, 0.25) is 11.8 Å². The van der Waals surface area contributed by atoms with Gasteiger partial charge in [-0.3, -0.25) is 14.5 Å². The monoisotopic (exact) mass is 581 g/mol. The maximum atomic E-state index is 14.0. The molecule has 1 aromatic heterocycles. The number of nitrogens with one attached hydrogen (secondary N) is 2. The highest BCUT2D eigenvalue weighted by Gasteiger charge is 2.42. The fourth-order valence-electron chi connectivity index (χ4n) is 5.05. The number of aromatic nitrogens is 1. The number of amides is 3. The van der Waals surface area contributed by atoms with Crippen molar-refractivity contribution in [2.75, 3.05) is 27.2 Å². The molecular weight excluding hydrogens is 534 g/mol. The molecule has 0 spiro atoms. The number of hydrogen-bond acceptors (Lipinski definition) is 8. The van der Waals surface area contributed by atoms with Crippen LogP contribution in [0.1, 0.15) is 95.2 Å². The van der Waals surface area contributed by atoms with Crippen molar-refractivity contribution in [2.45, 2.75) is 97.4 Å². The Morgan fingerprint density at radius 3 is 2.42 bits per heavy atom. The molecule has 2 heterocycles. The molecule has 226 valence electrons. The lowest BCUT2D eigenvalue weighted by Gasteiger charge is -2.43. The van der Waals surface area contributed by atoms with Crippen molar-refractivity contribution in [1.82, 2.24) is 25.4 Å². The Kier molecular flexibility index (Phi) is 12.4. The first-order valence-corrected chi connectivity index (χ1v) is 15.1. The van der Waals surface area contributed by atoms with Crippen molar-refractivity contribution >= 4 is 35.2 Å². The van der Waals surface area contributed by atoms with E-state index in [-0.39, 0.29) is 41.8 Å². The van der Waals surface area contributed by atoms with Crippen LogP contribution in [0, 0.1) is 11.8 Å². The van der Waals surface area contributed by atoms with Gasteiger partial charge in [0.25, 0.3) is 0 Å². The van der Waals surface area contributed by atoms with E-state index in [1.165, 1.54) is 5.38 Å². The second-order valence-corrected chi connectivity index (χ2v) is 12.2. The molecule has 0 aliphatic carbocycles. The predicted octanol–water partition coefficient (Wildman–Crippen LogP) is 3.91. The summed E-state index contributed by atoms with van der Waals surface area (Å²) in [5.74, 6) is -1.68. The van der Waals surface area contributed by atoms with E-state index in [4.69, 9.17) is 4.74 Å². The molecule has 3 amide bonds. The highest BCUT2D eigenvalue weighted by molar-refractivity contribution is 7.09. The second-order valence-electron chi connectivity index (χ2n) is 11.3. The van der Waals surface area contributed by atoms with Gasteiger partial charge >= 0.3 is 12.1 Å². The Bertz CT molecular complexity index is 1030. The summed E-state index contributed by atoms with van der Waals surface area (Å²) in [5, 5.41) is 16.8. The van der Waals surface area contributed by atoms with Crippen molar-refractivity contribution < 1.29 is 29.0 Å². The number of rotatable bonds is 13. The van der Waals surface area contributed by atoms with Crippen LogP contribution in [-0.4, -0.2) is 88.6 Å². The number of alkyl carbamates (subject to hydrolysis) is 1. The fourth-order valence-corrected chi connectivity index (χ4v) is 5.88. The molecule has 12 heteroatoms. The molecule has 1 aliphatic heterocycles. The average Bonchev–Trinajstić information content (AvgIpc) is 3.40. The van der Waals surface area contributed by atoms with Crippen LogP contribution in [0.5, 0.6) is 0 Å². The number of ether oxygens (including phenoxy) is 1. The number of likely N-dealkylation sites (tertiary alicyclic amines) is 1. The number of carbonyl (C=O) groups is 4. The molecule has 1 aliphatic rings. The number of aromatic carboxylic acids is 1. The van der Waals surface area contributed by atoms with Crippen LogP contribution in [0.3, 0.4) is 0 Å². The van der Waals surface area contributed by atoms with Crippen LogP contribution in [0.15, 0.2) is 5.38 Å². The Labute approximate surface area is 242 Å². The molecule has 0 bridgehead atoms.